The van der Waals surface area contributed by atoms with Gasteiger partial charge >= 0.3 is 0 Å². The van der Waals surface area contributed by atoms with Crippen molar-refractivity contribution in [2.75, 3.05) is 7.11 Å². The maximum atomic E-state index is 13.3. The Hall–Kier alpha value is -3.08. The quantitative estimate of drug-likeness (QED) is 0.561. The second-order valence-corrected chi connectivity index (χ2v) is 5.38. The normalized spacial score (nSPS) is 11.2. The molecule has 23 heavy (non-hydrogen) atoms. The van der Waals surface area contributed by atoms with Crippen LogP contribution in [0.5, 0.6) is 5.75 Å². The lowest BCUT2D eigenvalue weighted by Crippen LogP contribution is -2.01. The maximum Gasteiger partial charge on any atom is 0.225 e. The highest BCUT2D eigenvalue weighted by Crippen LogP contribution is 2.24. The zero-order valence-electron chi connectivity index (χ0n) is 12.3. The van der Waals surface area contributed by atoms with Gasteiger partial charge in [0, 0.05) is 21.8 Å². The molecule has 5 heteroatoms. The van der Waals surface area contributed by atoms with Crippen LogP contribution >= 0.6 is 0 Å². The van der Waals surface area contributed by atoms with E-state index in [0.29, 0.717) is 16.8 Å². The van der Waals surface area contributed by atoms with Crippen LogP contribution in [0.25, 0.3) is 21.8 Å². The van der Waals surface area contributed by atoms with Crippen LogP contribution in [0.2, 0.25) is 0 Å². The van der Waals surface area contributed by atoms with Gasteiger partial charge < -0.3 is 14.7 Å². The van der Waals surface area contributed by atoms with Gasteiger partial charge in [-0.3, -0.25) is 4.79 Å². The number of H-pyrrole nitrogens is 2. The lowest BCUT2D eigenvalue weighted by molar-refractivity contribution is 0.103. The summed E-state index contributed by atoms with van der Waals surface area (Å²) in [5, 5.41) is 1.57. The third-order valence-corrected chi connectivity index (χ3v) is 3.90. The standard InChI is InChI=1S/C18H13FN2O2/c1-23-13-3-5-15-11(7-13)9-17(21-15)18(22)16-8-10-6-12(19)2-4-14(10)20-16/h2-9,20-21H,1H3. The lowest BCUT2D eigenvalue weighted by Gasteiger charge is -1.97. The number of hydrogen-bond donors (Lipinski definition) is 2. The zero-order valence-corrected chi connectivity index (χ0v) is 12.3. The summed E-state index contributed by atoms with van der Waals surface area (Å²) >= 11 is 0. The second kappa shape index (κ2) is 4.98. The van der Waals surface area contributed by atoms with Crippen LogP contribution in [0, 0.1) is 5.82 Å². The number of fused-ring (bicyclic) bond motifs is 2. The summed E-state index contributed by atoms with van der Waals surface area (Å²) in [6, 6.07) is 13.4. The second-order valence-electron chi connectivity index (χ2n) is 5.38. The number of halogens is 1. The maximum absolute atomic E-state index is 13.3. The van der Waals surface area contributed by atoms with E-state index in [1.807, 2.05) is 18.2 Å². The number of rotatable bonds is 3. The molecule has 2 N–H and O–H groups in total. The molecule has 0 saturated heterocycles. The van der Waals surface area contributed by atoms with Gasteiger partial charge in [-0.1, -0.05) is 0 Å². The molecule has 0 spiro atoms. The van der Waals surface area contributed by atoms with E-state index in [4.69, 9.17) is 4.74 Å². The minimum Gasteiger partial charge on any atom is -0.497 e. The Labute approximate surface area is 130 Å². The fourth-order valence-electron chi connectivity index (χ4n) is 2.73. The van der Waals surface area contributed by atoms with E-state index in [9.17, 15) is 9.18 Å². The van der Waals surface area contributed by atoms with Crippen molar-refractivity contribution in [1.82, 2.24) is 9.97 Å². The highest BCUT2D eigenvalue weighted by Gasteiger charge is 2.15. The number of methoxy groups -OCH3 is 1. The van der Waals surface area contributed by atoms with Crippen LogP contribution in [0.15, 0.2) is 48.5 Å². The lowest BCUT2D eigenvalue weighted by atomic mass is 10.2. The molecule has 2 aromatic heterocycles. The molecular weight excluding hydrogens is 295 g/mol. The molecular formula is C18H13FN2O2. The predicted octanol–water partition coefficient (Wildman–Crippen LogP) is 4.03. The Balaban J connectivity index is 1.77. The van der Waals surface area contributed by atoms with Crippen molar-refractivity contribution in [3.05, 3.63) is 65.7 Å². The van der Waals surface area contributed by atoms with Crippen molar-refractivity contribution in [2.24, 2.45) is 0 Å². The number of carbonyl (C=O) groups excluding carboxylic acids is 1. The van der Waals surface area contributed by atoms with Crippen molar-refractivity contribution in [3.8, 4) is 5.75 Å². The molecule has 2 aromatic carbocycles. The molecule has 0 amide bonds. The van der Waals surface area contributed by atoms with Crippen molar-refractivity contribution in [3.63, 3.8) is 0 Å². The predicted molar refractivity (Wildman–Crippen MR) is 86.5 cm³/mol. The van der Waals surface area contributed by atoms with E-state index in [1.54, 1.807) is 25.3 Å². The van der Waals surface area contributed by atoms with Gasteiger partial charge in [0.05, 0.1) is 18.5 Å². The third-order valence-electron chi connectivity index (χ3n) is 3.90. The molecule has 0 radical (unpaired) electrons. The minimum absolute atomic E-state index is 0.170. The average molecular weight is 308 g/mol. The van der Waals surface area contributed by atoms with Gasteiger partial charge in [-0.25, -0.2) is 4.39 Å². The van der Waals surface area contributed by atoms with Gasteiger partial charge in [-0.2, -0.15) is 0 Å². The Bertz CT molecular complexity index is 1050. The topological polar surface area (TPSA) is 57.9 Å². The van der Waals surface area contributed by atoms with Crippen LogP contribution in [-0.2, 0) is 0 Å². The molecule has 4 aromatic rings. The van der Waals surface area contributed by atoms with E-state index < -0.39 is 0 Å². The molecule has 0 aliphatic rings. The Kier molecular flexibility index (Phi) is 2.94. The van der Waals surface area contributed by atoms with Crippen LogP contribution in [-0.4, -0.2) is 22.9 Å². The molecule has 4 nitrogen and oxygen atoms in total. The summed E-state index contributed by atoms with van der Waals surface area (Å²) in [6.07, 6.45) is 0. The molecule has 0 atom stereocenters. The highest BCUT2D eigenvalue weighted by atomic mass is 19.1. The van der Waals surface area contributed by atoms with Gasteiger partial charge in [0.15, 0.2) is 0 Å². The Morgan fingerprint density at radius 1 is 0.913 bits per heavy atom. The van der Waals surface area contributed by atoms with Crippen LogP contribution < -0.4 is 4.74 Å². The number of ether oxygens (including phenoxy) is 1. The number of aromatic nitrogens is 2. The van der Waals surface area contributed by atoms with Crippen molar-refractivity contribution in [2.45, 2.75) is 0 Å². The molecule has 0 saturated carbocycles. The monoisotopic (exact) mass is 308 g/mol. The molecule has 4 rings (SSSR count). The zero-order chi connectivity index (χ0) is 16.0. The summed E-state index contributed by atoms with van der Waals surface area (Å²) in [6.45, 7) is 0. The summed E-state index contributed by atoms with van der Waals surface area (Å²) < 4.78 is 18.5. The number of ketones is 1. The Morgan fingerprint density at radius 3 is 2.17 bits per heavy atom. The van der Waals surface area contributed by atoms with E-state index in [1.165, 1.54) is 12.1 Å². The molecule has 0 aliphatic carbocycles. The van der Waals surface area contributed by atoms with Crippen molar-refractivity contribution < 1.29 is 13.9 Å². The first-order valence-corrected chi connectivity index (χ1v) is 7.14. The average Bonchev–Trinajstić information content (AvgIpc) is 3.16. The molecule has 0 aliphatic heterocycles. The van der Waals surface area contributed by atoms with E-state index in [2.05, 4.69) is 9.97 Å². The highest BCUT2D eigenvalue weighted by molar-refractivity contribution is 6.11. The molecule has 114 valence electrons. The minimum atomic E-state index is -0.326. The van der Waals surface area contributed by atoms with Crippen LogP contribution in [0.3, 0.4) is 0 Å². The first kappa shape index (κ1) is 13.6. The van der Waals surface area contributed by atoms with Gasteiger partial charge in [0.25, 0.3) is 0 Å². The van der Waals surface area contributed by atoms with Crippen molar-refractivity contribution >= 4 is 27.6 Å². The van der Waals surface area contributed by atoms with E-state index in [0.717, 1.165) is 22.2 Å². The number of benzene rings is 2. The summed E-state index contributed by atoms with van der Waals surface area (Å²) in [5.41, 5.74) is 2.48. The number of carbonyl (C=O) groups is 1. The smallest absolute Gasteiger partial charge is 0.225 e. The largest absolute Gasteiger partial charge is 0.497 e. The number of aromatic amines is 2. The molecule has 0 fully saturated rings. The molecule has 0 unspecified atom stereocenters. The van der Waals surface area contributed by atoms with Crippen LogP contribution in [0.4, 0.5) is 4.39 Å². The van der Waals surface area contributed by atoms with E-state index in [-0.39, 0.29) is 11.6 Å². The fraction of sp³-hybridized carbons (Fsp3) is 0.0556. The fourth-order valence-corrected chi connectivity index (χ4v) is 2.73. The van der Waals surface area contributed by atoms with Crippen LogP contribution in [0.1, 0.15) is 16.2 Å². The molecule has 2 heterocycles. The number of hydrogen-bond acceptors (Lipinski definition) is 2. The SMILES string of the molecule is COc1ccc2[nH]c(C(=O)c3cc4cc(F)ccc4[nH]3)cc2c1. The summed E-state index contributed by atoms with van der Waals surface area (Å²) in [5.74, 6) is 0.238. The van der Waals surface area contributed by atoms with Gasteiger partial charge in [-0.15, -0.1) is 0 Å². The first-order chi connectivity index (χ1) is 11.1. The molecule has 0 bridgehead atoms. The third kappa shape index (κ3) is 2.26. The number of nitrogens with one attached hydrogen (secondary N) is 2. The summed E-state index contributed by atoms with van der Waals surface area (Å²) in [4.78, 5) is 18.8. The van der Waals surface area contributed by atoms with Gasteiger partial charge in [0.2, 0.25) is 5.78 Å². The van der Waals surface area contributed by atoms with Gasteiger partial charge in [0.1, 0.15) is 11.6 Å². The Morgan fingerprint density at radius 2 is 1.52 bits per heavy atom. The van der Waals surface area contributed by atoms with Crippen molar-refractivity contribution in [1.29, 1.82) is 0 Å². The van der Waals surface area contributed by atoms with Gasteiger partial charge in [-0.05, 0) is 48.5 Å². The first-order valence-electron chi connectivity index (χ1n) is 7.14. The van der Waals surface area contributed by atoms with E-state index >= 15 is 0 Å². The summed E-state index contributed by atoms with van der Waals surface area (Å²) in [7, 11) is 1.60.